The molecule has 0 saturated heterocycles. The highest BCUT2D eigenvalue weighted by Crippen LogP contribution is 2.26. The van der Waals surface area contributed by atoms with Crippen molar-refractivity contribution < 1.29 is 19.2 Å². The molecule has 0 spiro atoms. The minimum absolute atomic E-state index is 0.00329. The van der Waals surface area contributed by atoms with Gasteiger partial charge in [-0.2, -0.15) is 4.98 Å². The normalized spacial score (nSPS) is 15.1. The lowest BCUT2D eigenvalue weighted by Crippen LogP contribution is -2.56. The second-order valence-electron chi connectivity index (χ2n) is 12.2. The van der Waals surface area contributed by atoms with Crippen molar-refractivity contribution in [3.05, 3.63) is 129 Å². The van der Waals surface area contributed by atoms with Crippen LogP contribution in [0, 0.1) is 6.92 Å². The molecule has 2 aliphatic rings. The number of halogens is 1. The second-order valence-corrected chi connectivity index (χ2v) is 12.6. The van der Waals surface area contributed by atoms with E-state index >= 15 is 0 Å². The maximum atomic E-state index is 14.2. The zero-order valence-corrected chi connectivity index (χ0v) is 28.1. The fourth-order valence-electron chi connectivity index (χ4n) is 6.10. The van der Waals surface area contributed by atoms with Crippen molar-refractivity contribution in [3.63, 3.8) is 0 Å². The molecule has 13 heteroatoms. The number of hydrogen-bond donors (Lipinski definition) is 4. The van der Waals surface area contributed by atoms with Crippen molar-refractivity contribution in [3.8, 4) is 0 Å². The van der Waals surface area contributed by atoms with Crippen LogP contribution in [-0.2, 0) is 33.9 Å². The molecule has 3 heterocycles. The quantitative estimate of drug-likeness (QED) is 0.166. The van der Waals surface area contributed by atoms with Crippen molar-refractivity contribution >= 4 is 52.3 Å². The summed E-state index contributed by atoms with van der Waals surface area (Å²) in [6, 6.07) is 19.5. The maximum absolute atomic E-state index is 14.2. The number of nitrogens with zero attached hydrogens (tertiary/aromatic N) is 3. The Bertz CT molecular complexity index is 2030. The minimum Gasteiger partial charge on any atom is -0.353 e. The summed E-state index contributed by atoms with van der Waals surface area (Å²) >= 11 is 6.20. The van der Waals surface area contributed by atoms with Crippen LogP contribution >= 0.6 is 11.6 Å². The monoisotopic (exact) mass is 693 g/mol. The van der Waals surface area contributed by atoms with Crippen molar-refractivity contribution in [1.29, 1.82) is 0 Å². The molecule has 0 aliphatic carbocycles. The highest BCUT2D eigenvalue weighted by Gasteiger charge is 2.36. The fraction of sp³-hybridized carbons (Fsp3) is 0.243. The average Bonchev–Trinajstić information content (AvgIpc) is 3.14. The van der Waals surface area contributed by atoms with Gasteiger partial charge in [0.05, 0.1) is 0 Å². The molecule has 2 atom stereocenters. The van der Waals surface area contributed by atoms with Gasteiger partial charge >= 0.3 is 0 Å². The zero-order valence-electron chi connectivity index (χ0n) is 27.3. The summed E-state index contributed by atoms with van der Waals surface area (Å²) < 4.78 is 1.68. The topological polar surface area (TPSA) is 155 Å². The van der Waals surface area contributed by atoms with Crippen LogP contribution in [0.5, 0.6) is 0 Å². The molecule has 4 N–H and O–H groups in total. The SMILES string of the molecule is Cc1cc(NC(=O)[C@H](CCn2cnc(=O)c3c2NC=CN3)NC(=O)[C@@H]2Cc3ccccc3CN2C(=O)CCC(=O)c2ccccc2)ccc1Cl. The lowest BCUT2D eigenvalue weighted by Gasteiger charge is -2.37. The number of ketones is 1. The fourth-order valence-corrected chi connectivity index (χ4v) is 6.22. The number of carbonyl (C=O) groups excluding carboxylic acids is 4. The summed E-state index contributed by atoms with van der Waals surface area (Å²) in [7, 11) is 0. The van der Waals surface area contributed by atoms with Crippen LogP contribution in [-0.4, -0.2) is 50.0 Å². The van der Waals surface area contributed by atoms with Gasteiger partial charge in [0.25, 0.3) is 5.56 Å². The van der Waals surface area contributed by atoms with E-state index in [4.69, 9.17) is 11.6 Å². The molecule has 0 saturated carbocycles. The first-order chi connectivity index (χ1) is 24.2. The molecule has 4 aromatic rings. The molecule has 6 rings (SSSR count). The Kier molecular flexibility index (Phi) is 10.4. The van der Waals surface area contributed by atoms with Crippen LogP contribution in [0.3, 0.4) is 0 Å². The number of Topliss-reactive ketones (excluding diaryl/α,β-unsaturated/α-hetero) is 1. The second kappa shape index (κ2) is 15.2. The van der Waals surface area contributed by atoms with E-state index in [0.717, 1.165) is 16.7 Å². The summed E-state index contributed by atoms with van der Waals surface area (Å²) in [5.41, 5.74) is 3.44. The van der Waals surface area contributed by atoms with E-state index in [1.54, 1.807) is 59.4 Å². The standard InChI is InChI=1S/C37H36ClN7O5/c1-23-19-27(11-12-28(23)38)42-35(48)29(15-18-44-22-41-37(50)33-34(44)40-17-16-39-33)43-36(49)30-20-25-9-5-6-10-26(25)21-45(30)32(47)14-13-31(46)24-7-3-2-4-8-24/h2-12,16-17,19,22,29-30,39-40H,13-15,18,20-21H2,1H3,(H,42,48)(H,43,49)/t29-,30-/m0/s1. The highest BCUT2D eigenvalue weighted by atomic mass is 35.5. The summed E-state index contributed by atoms with van der Waals surface area (Å²) in [6.45, 7) is 2.21. The summed E-state index contributed by atoms with van der Waals surface area (Å²) in [5.74, 6) is -1.00. The first kappa shape index (κ1) is 34.1. The third-order valence-electron chi connectivity index (χ3n) is 8.83. The lowest BCUT2D eigenvalue weighted by atomic mass is 9.92. The number of rotatable bonds is 11. The van der Waals surface area contributed by atoms with Gasteiger partial charge in [-0.25, -0.2) is 0 Å². The van der Waals surface area contributed by atoms with Gasteiger partial charge in [0.1, 0.15) is 29.9 Å². The van der Waals surface area contributed by atoms with E-state index in [-0.39, 0.29) is 56.2 Å². The number of anilines is 3. The van der Waals surface area contributed by atoms with Crippen molar-refractivity contribution in [2.24, 2.45) is 0 Å². The predicted molar refractivity (Wildman–Crippen MR) is 191 cm³/mol. The molecule has 3 amide bonds. The number of nitrogens with one attached hydrogen (secondary N) is 4. The first-order valence-corrected chi connectivity index (χ1v) is 16.6. The molecular weight excluding hydrogens is 658 g/mol. The highest BCUT2D eigenvalue weighted by molar-refractivity contribution is 6.31. The van der Waals surface area contributed by atoms with E-state index in [1.165, 1.54) is 11.2 Å². The van der Waals surface area contributed by atoms with Crippen molar-refractivity contribution in [2.45, 2.75) is 57.8 Å². The summed E-state index contributed by atoms with van der Waals surface area (Å²) in [4.78, 5) is 72.3. The Morgan fingerprint density at radius 3 is 2.48 bits per heavy atom. The van der Waals surface area contributed by atoms with E-state index < -0.39 is 29.5 Å². The van der Waals surface area contributed by atoms with Gasteiger partial charge in [-0.1, -0.05) is 66.2 Å². The van der Waals surface area contributed by atoms with Gasteiger partial charge in [0.2, 0.25) is 17.7 Å². The van der Waals surface area contributed by atoms with E-state index in [1.807, 2.05) is 37.3 Å². The lowest BCUT2D eigenvalue weighted by molar-refractivity contribution is -0.142. The van der Waals surface area contributed by atoms with Gasteiger partial charge < -0.3 is 30.7 Å². The third kappa shape index (κ3) is 7.76. The number of aromatic nitrogens is 2. The van der Waals surface area contributed by atoms with E-state index in [2.05, 4.69) is 26.3 Å². The van der Waals surface area contributed by atoms with Crippen molar-refractivity contribution in [1.82, 2.24) is 19.8 Å². The van der Waals surface area contributed by atoms with Crippen LogP contribution in [0.25, 0.3) is 0 Å². The molecule has 3 aromatic carbocycles. The molecule has 256 valence electrons. The average molecular weight is 694 g/mol. The Morgan fingerprint density at radius 2 is 1.70 bits per heavy atom. The summed E-state index contributed by atoms with van der Waals surface area (Å²) in [5, 5.41) is 12.3. The number of carbonyl (C=O) groups is 4. The maximum Gasteiger partial charge on any atom is 0.298 e. The molecule has 0 fully saturated rings. The van der Waals surface area contributed by atoms with Gasteiger partial charge in [-0.3, -0.25) is 24.0 Å². The van der Waals surface area contributed by atoms with Gasteiger partial charge in [-0.05, 0) is 48.2 Å². The van der Waals surface area contributed by atoms with Crippen LogP contribution in [0.1, 0.15) is 46.3 Å². The van der Waals surface area contributed by atoms with Crippen LogP contribution < -0.4 is 26.8 Å². The zero-order chi connectivity index (χ0) is 35.2. The number of amides is 3. The van der Waals surface area contributed by atoms with Gasteiger partial charge in [0, 0.05) is 61.0 Å². The van der Waals surface area contributed by atoms with Crippen molar-refractivity contribution in [2.75, 3.05) is 16.0 Å². The van der Waals surface area contributed by atoms with Gasteiger partial charge in [0.15, 0.2) is 5.78 Å². The minimum atomic E-state index is -1.05. The van der Waals surface area contributed by atoms with E-state index in [0.29, 0.717) is 22.1 Å². The molecular formula is C37H36ClN7O5. The molecule has 2 aliphatic heterocycles. The Hall–Kier alpha value is -5.75. The first-order valence-electron chi connectivity index (χ1n) is 16.3. The molecule has 0 bridgehead atoms. The predicted octanol–water partition coefficient (Wildman–Crippen LogP) is 4.64. The number of hydrogen-bond acceptors (Lipinski definition) is 8. The third-order valence-corrected chi connectivity index (χ3v) is 9.26. The Labute approximate surface area is 293 Å². The largest absolute Gasteiger partial charge is 0.353 e. The van der Waals surface area contributed by atoms with E-state index in [9.17, 15) is 24.0 Å². The Balaban J connectivity index is 1.23. The molecule has 0 radical (unpaired) electrons. The number of benzene rings is 3. The van der Waals surface area contributed by atoms with Gasteiger partial charge in [-0.15, -0.1) is 0 Å². The number of fused-ring (bicyclic) bond motifs is 2. The van der Waals surface area contributed by atoms with Crippen LogP contribution in [0.15, 0.2) is 96.3 Å². The Morgan fingerprint density at radius 1 is 0.960 bits per heavy atom. The molecule has 0 unspecified atom stereocenters. The summed E-state index contributed by atoms with van der Waals surface area (Å²) in [6.07, 6.45) is 4.87. The number of aryl methyl sites for hydroxylation is 2. The molecule has 1 aromatic heterocycles. The molecule has 12 nitrogen and oxygen atoms in total. The smallest absolute Gasteiger partial charge is 0.298 e. The molecule has 50 heavy (non-hydrogen) atoms. The van der Waals surface area contributed by atoms with Crippen LogP contribution in [0.2, 0.25) is 5.02 Å². The van der Waals surface area contributed by atoms with Crippen LogP contribution in [0.4, 0.5) is 17.2 Å².